The van der Waals surface area contributed by atoms with Gasteiger partial charge in [-0.05, 0) is 52.3 Å². The smallest absolute Gasteiger partial charge is 0.223 e. The maximum Gasteiger partial charge on any atom is 0.223 e. The molecule has 5 nitrogen and oxygen atoms in total. The molecule has 1 aromatic rings. The third-order valence-corrected chi connectivity index (χ3v) is 3.40. The summed E-state index contributed by atoms with van der Waals surface area (Å²) in [6.45, 7) is 7.78. The molecule has 1 aliphatic heterocycles. The summed E-state index contributed by atoms with van der Waals surface area (Å²) >= 11 is 0. The van der Waals surface area contributed by atoms with Crippen LogP contribution < -0.4 is 5.32 Å². The van der Waals surface area contributed by atoms with E-state index in [1.54, 1.807) is 0 Å². The van der Waals surface area contributed by atoms with E-state index in [9.17, 15) is 5.11 Å². The minimum atomic E-state index is -0.135. The van der Waals surface area contributed by atoms with Crippen molar-refractivity contribution in [2.24, 2.45) is 0 Å². The Hall–Kier alpha value is -1.20. The minimum absolute atomic E-state index is 0.135. The molecule has 1 unspecified atom stereocenters. The number of aliphatic hydroxyl groups is 1. The summed E-state index contributed by atoms with van der Waals surface area (Å²) in [5, 5.41) is 12.9. The highest BCUT2D eigenvalue weighted by molar-refractivity contribution is 5.27. The summed E-state index contributed by atoms with van der Waals surface area (Å²) < 4.78 is 0. The van der Waals surface area contributed by atoms with Crippen molar-refractivity contribution in [2.75, 3.05) is 31.5 Å². The molecule has 19 heavy (non-hydrogen) atoms. The lowest BCUT2D eigenvalue weighted by molar-refractivity contribution is 0.0706. The Bertz CT molecular complexity index is 390. The van der Waals surface area contributed by atoms with Gasteiger partial charge in [0.15, 0.2) is 0 Å². The van der Waals surface area contributed by atoms with Gasteiger partial charge in [-0.3, -0.25) is 0 Å². The first kappa shape index (κ1) is 14.2. The van der Waals surface area contributed by atoms with E-state index in [4.69, 9.17) is 0 Å². The Balaban J connectivity index is 1.68. The van der Waals surface area contributed by atoms with Crippen LogP contribution in [0.25, 0.3) is 0 Å². The fourth-order valence-corrected chi connectivity index (χ4v) is 2.54. The molecule has 0 amide bonds. The first-order chi connectivity index (χ1) is 9.13. The summed E-state index contributed by atoms with van der Waals surface area (Å²) in [4.78, 5) is 11.0. The van der Waals surface area contributed by atoms with Crippen molar-refractivity contribution < 1.29 is 5.11 Å². The van der Waals surface area contributed by atoms with Crippen molar-refractivity contribution in [1.82, 2.24) is 14.9 Å². The number of aliphatic hydroxyl groups excluding tert-OH is 1. The summed E-state index contributed by atoms with van der Waals surface area (Å²) in [6.07, 6.45) is 2.97. The SMILES string of the molecule is Cc1cc(C)nc(NCCCN2CCCC(O)C2)n1. The molecular formula is C14H24N4O. The highest BCUT2D eigenvalue weighted by atomic mass is 16.3. The van der Waals surface area contributed by atoms with Crippen molar-refractivity contribution in [1.29, 1.82) is 0 Å². The lowest BCUT2D eigenvalue weighted by atomic mass is 10.1. The molecule has 1 aromatic heterocycles. The molecule has 0 bridgehead atoms. The maximum absolute atomic E-state index is 9.60. The Morgan fingerprint density at radius 3 is 2.79 bits per heavy atom. The fraction of sp³-hybridized carbons (Fsp3) is 0.714. The van der Waals surface area contributed by atoms with Gasteiger partial charge in [0.05, 0.1) is 6.10 Å². The zero-order valence-electron chi connectivity index (χ0n) is 11.9. The molecule has 0 radical (unpaired) electrons. The number of likely N-dealkylation sites (tertiary alicyclic amines) is 1. The van der Waals surface area contributed by atoms with E-state index in [1.165, 1.54) is 0 Å². The predicted molar refractivity (Wildman–Crippen MR) is 76.3 cm³/mol. The molecule has 1 saturated heterocycles. The largest absolute Gasteiger partial charge is 0.392 e. The van der Waals surface area contributed by atoms with Gasteiger partial charge in [-0.15, -0.1) is 0 Å². The van der Waals surface area contributed by atoms with Crippen LogP contribution in [-0.2, 0) is 0 Å². The second kappa shape index (κ2) is 6.82. The summed E-state index contributed by atoms with van der Waals surface area (Å²) in [6, 6.07) is 1.97. The molecule has 1 aliphatic rings. The van der Waals surface area contributed by atoms with Crippen LogP contribution in [-0.4, -0.2) is 52.3 Å². The van der Waals surface area contributed by atoms with Crippen LogP contribution in [0.5, 0.6) is 0 Å². The molecule has 5 heteroatoms. The number of rotatable bonds is 5. The first-order valence-corrected chi connectivity index (χ1v) is 7.10. The normalized spacial score (nSPS) is 20.5. The Kier molecular flexibility index (Phi) is 5.10. The van der Waals surface area contributed by atoms with Crippen molar-refractivity contribution in [2.45, 2.75) is 39.2 Å². The molecular weight excluding hydrogens is 240 g/mol. The number of aromatic nitrogens is 2. The average molecular weight is 264 g/mol. The number of nitrogens with one attached hydrogen (secondary N) is 1. The van der Waals surface area contributed by atoms with E-state index < -0.39 is 0 Å². The van der Waals surface area contributed by atoms with Crippen LogP contribution in [0.1, 0.15) is 30.7 Å². The van der Waals surface area contributed by atoms with Gasteiger partial charge >= 0.3 is 0 Å². The van der Waals surface area contributed by atoms with Gasteiger partial charge in [0.25, 0.3) is 0 Å². The van der Waals surface area contributed by atoms with Crippen LogP contribution in [0.3, 0.4) is 0 Å². The zero-order chi connectivity index (χ0) is 13.7. The van der Waals surface area contributed by atoms with E-state index in [0.717, 1.165) is 62.8 Å². The van der Waals surface area contributed by atoms with Gasteiger partial charge in [-0.2, -0.15) is 0 Å². The quantitative estimate of drug-likeness (QED) is 0.786. The maximum atomic E-state index is 9.60. The minimum Gasteiger partial charge on any atom is -0.392 e. The molecule has 0 spiro atoms. The zero-order valence-corrected chi connectivity index (χ0v) is 11.9. The molecule has 106 valence electrons. The predicted octanol–water partition coefficient (Wildman–Crippen LogP) is 1.35. The number of hydrogen-bond donors (Lipinski definition) is 2. The van der Waals surface area contributed by atoms with Crippen LogP contribution in [0.4, 0.5) is 5.95 Å². The number of aryl methyl sites for hydroxylation is 2. The van der Waals surface area contributed by atoms with E-state index in [2.05, 4.69) is 20.2 Å². The van der Waals surface area contributed by atoms with Crippen LogP contribution >= 0.6 is 0 Å². The highest BCUT2D eigenvalue weighted by Gasteiger charge is 2.16. The van der Waals surface area contributed by atoms with Crippen molar-refractivity contribution >= 4 is 5.95 Å². The lowest BCUT2D eigenvalue weighted by Crippen LogP contribution is -2.39. The van der Waals surface area contributed by atoms with Crippen LogP contribution in [0.2, 0.25) is 0 Å². The van der Waals surface area contributed by atoms with E-state index in [0.29, 0.717) is 0 Å². The van der Waals surface area contributed by atoms with Crippen LogP contribution in [0.15, 0.2) is 6.07 Å². The molecule has 2 rings (SSSR count). The molecule has 0 saturated carbocycles. The Labute approximate surface area is 115 Å². The van der Waals surface area contributed by atoms with Crippen molar-refractivity contribution in [3.8, 4) is 0 Å². The standard InChI is InChI=1S/C14H24N4O/c1-11-9-12(2)17-14(16-11)15-6-4-8-18-7-3-5-13(19)10-18/h9,13,19H,3-8,10H2,1-2H3,(H,15,16,17). The summed E-state index contributed by atoms with van der Waals surface area (Å²) in [5.74, 6) is 0.719. The third kappa shape index (κ3) is 4.76. The molecule has 0 aliphatic carbocycles. The molecule has 1 atom stereocenters. The van der Waals surface area contributed by atoms with Crippen LogP contribution in [0, 0.1) is 13.8 Å². The van der Waals surface area contributed by atoms with Gasteiger partial charge < -0.3 is 15.3 Å². The van der Waals surface area contributed by atoms with E-state index in [-0.39, 0.29) is 6.10 Å². The Morgan fingerprint density at radius 1 is 1.37 bits per heavy atom. The Morgan fingerprint density at radius 2 is 2.11 bits per heavy atom. The molecule has 2 heterocycles. The van der Waals surface area contributed by atoms with Gasteiger partial charge in [-0.25, -0.2) is 9.97 Å². The fourth-order valence-electron chi connectivity index (χ4n) is 2.54. The number of piperidine rings is 1. The van der Waals surface area contributed by atoms with Gasteiger partial charge in [0.2, 0.25) is 5.95 Å². The van der Waals surface area contributed by atoms with Gasteiger partial charge in [0.1, 0.15) is 0 Å². The number of nitrogens with zero attached hydrogens (tertiary/aromatic N) is 3. The lowest BCUT2D eigenvalue weighted by Gasteiger charge is -2.29. The van der Waals surface area contributed by atoms with E-state index in [1.807, 2.05) is 19.9 Å². The highest BCUT2D eigenvalue weighted by Crippen LogP contribution is 2.10. The first-order valence-electron chi connectivity index (χ1n) is 7.10. The second-order valence-electron chi connectivity index (χ2n) is 5.35. The van der Waals surface area contributed by atoms with Gasteiger partial charge in [0, 0.05) is 24.5 Å². The monoisotopic (exact) mass is 264 g/mol. The number of β-amino-alcohol motifs (C(OH)–C–C–N with tert-alkyl or cyclic N) is 1. The van der Waals surface area contributed by atoms with Crippen molar-refractivity contribution in [3.63, 3.8) is 0 Å². The molecule has 2 N–H and O–H groups in total. The van der Waals surface area contributed by atoms with Gasteiger partial charge in [-0.1, -0.05) is 0 Å². The topological polar surface area (TPSA) is 61.3 Å². The van der Waals surface area contributed by atoms with Crippen molar-refractivity contribution in [3.05, 3.63) is 17.5 Å². The molecule has 0 aromatic carbocycles. The van der Waals surface area contributed by atoms with E-state index >= 15 is 0 Å². The number of hydrogen-bond acceptors (Lipinski definition) is 5. The second-order valence-corrected chi connectivity index (χ2v) is 5.35. The summed E-state index contributed by atoms with van der Waals surface area (Å²) in [7, 11) is 0. The summed E-state index contributed by atoms with van der Waals surface area (Å²) in [5.41, 5.74) is 1.99. The number of anilines is 1. The average Bonchev–Trinajstić information content (AvgIpc) is 2.34. The third-order valence-electron chi connectivity index (χ3n) is 3.40. The molecule has 1 fully saturated rings.